The highest BCUT2D eigenvalue weighted by atomic mass is 35.5. The highest BCUT2D eigenvalue weighted by molar-refractivity contribution is 6.31. The largest absolute Gasteiger partial charge is 0.507 e. The van der Waals surface area contributed by atoms with Crippen LogP contribution >= 0.6 is 11.6 Å². The molecule has 0 saturated carbocycles. The molecule has 0 spiro atoms. The Kier molecular flexibility index (Phi) is 7.35. The first-order chi connectivity index (χ1) is 19.3. The van der Waals surface area contributed by atoms with Gasteiger partial charge in [0.15, 0.2) is 17.9 Å². The average Bonchev–Trinajstić information content (AvgIpc) is 2.90. The molecule has 12 heteroatoms. The molecule has 5 rings (SSSR count). The zero-order chi connectivity index (χ0) is 30.0. The highest BCUT2D eigenvalue weighted by Gasteiger charge is 2.49. The van der Waals surface area contributed by atoms with Crippen molar-refractivity contribution >= 4 is 34.9 Å². The molecule has 1 aliphatic heterocycles. The van der Waals surface area contributed by atoms with E-state index >= 15 is 0 Å². The smallest absolute Gasteiger partial charge is 0.303 e. The Labute approximate surface area is 239 Å². The Morgan fingerprint density at radius 3 is 2.37 bits per heavy atom. The lowest BCUT2D eigenvalue weighted by Gasteiger charge is -2.42. The molecule has 2 aliphatic carbocycles. The number of rotatable bonds is 5. The maximum atomic E-state index is 13.7. The van der Waals surface area contributed by atoms with Gasteiger partial charge in [0.1, 0.15) is 29.0 Å². The van der Waals surface area contributed by atoms with Crippen molar-refractivity contribution in [1.82, 2.24) is 0 Å². The van der Waals surface area contributed by atoms with Gasteiger partial charge in [0.05, 0.1) is 41.4 Å². The molecule has 3 N–H and O–H groups in total. The lowest BCUT2D eigenvalue weighted by Crippen LogP contribution is -2.49. The first-order valence-corrected chi connectivity index (χ1v) is 13.4. The fourth-order valence-electron chi connectivity index (χ4n) is 5.92. The zero-order valence-corrected chi connectivity index (χ0v) is 23.5. The second-order valence-electron chi connectivity index (χ2n) is 10.6. The number of aromatic hydroxyl groups is 2. The van der Waals surface area contributed by atoms with Gasteiger partial charge in [0.25, 0.3) is 0 Å². The topological polar surface area (TPSA) is 166 Å². The number of methoxy groups -OCH3 is 1. The van der Waals surface area contributed by atoms with Crippen molar-refractivity contribution in [3.63, 3.8) is 0 Å². The number of ether oxygens (including phenoxy) is 4. The molecule has 11 nitrogen and oxygen atoms in total. The number of benzene rings is 2. The molecule has 6 atom stereocenters. The Balaban J connectivity index is 1.62. The van der Waals surface area contributed by atoms with E-state index in [1.807, 2.05) is 0 Å². The van der Waals surface area contributed by atoms with Crippen molar-refractivity contribution in [3.8, 4) is 17.2 Å². The van der Waals surface area contributed by atoms with E-state index in [0.717, 1.165) is 0 Å². The second-order valence-corrected chi connectivity index (χ2v) is 11.1. The number of phenolic OH excluding ortho intramolecular Hbond substituents is 2. The molecule has 2 aromatic carbocycles. The summed E-state index contributed by atoms with van der Waals surface area (Å²) in [5.74, 6) is -3.80. The Morgan fingerprint density at radius 1 is 1.07 bits per heavy atom. The summed E-state index contributed by atoms with van der Waals surface area (Å²) in [5, 5.41) is 33.5. The second kappa shape index (κ2) is 10.4. The van der Waals surface area contributed by atoms with Gasteiger partial charge < -0.3 is 34.3 Å². The number of Topliss-reactive ketones (excluding diaryl/α,β-unsaturated/α-hetero) is 1. The van der Waals surface area contributed by atoms with Crippen LogP contribution in [0.2, 0.25) is 0 Å². The molecular formula is C29H29ClO11. The van der Waals surface area contributed by atoms with Gasteiger partial charge in [-0.25, -0.2) is 0 Å². The molecule has 1 fully saturated rings. The SMILES string of the molecule is COc1cccc2c1C(=O)c1c(O)c3c(c(O)c1C2=O)C[C@@](O)(C(C)=O)C[C@@H]3OC1CC(Cl)C(OC(C)=O)C(C)O1. The first-order valence-electron chi connectivity index (χ1n) is 13.0. The van der Waals surface area contributed by atoms with Crippen LogP contribution in [0.15, 0.2) is 18.2 Å². The fraction of sp³-hybridized carbons (Fsp3) is 0.448. The lowest BCUT2D eigenvalue weighted by atomic mass is 9.72. The molecule has 1 saturated heterocycles. The quantitative estimate of drug-likeness (QED) is 0.228. The van der Waals surface area contributed by atoms with Gasteiger partial charge in [0, 0.05) is 42.9 Å². The van der Waals surface area contributed by atoms with Crippen molar-refractivity contribution in [2.75, 3.05) is 7.11 Å². The van der Waals surface area contributed by atoms with Crippen LogP contribution in [-0.2, 0) is 30.2 Å². The van der Waals surface area contributed by atoms with E-state index in [1.54, 1.807) is 6.92 Å². The van der Waals surface area contributed by atoms with E-state index < -0.39 is 87.9 Å². The number of halogens is 1. The summed E-state index contributed by atoms with van der Waals surface area (Å²) >= 11 is 6.48. The normalized spacial score (nSPS) is 28.8. The van der Waals surface area contributed by atoms with E-state index in [9.17, 15) is 34.5 Å². The number of fused-ring (bicyclic) bond motifs is 3. The van der Waals surface area contributed by atoms with Crippen LogP contribution in [0.1, 0.15) is 82.7 Å². The number of phenols is 2. The minimum atomic E-state index is -2.03. The third-order valence-corrected chi connectivity index (χ3v) is 8.38. The average molecular weight is 589 g/mol. The number of aliphatic hydroxyl groups is 1. The molecule has 0 bridgehead atoms. The van der Waals surface area contributed by atoms with E-state index in [1.165, 1.54) is 39.2 Å². The molecule has 218 valence electrons. The van der Waals surface area contributed by atoms with Gasteiger partial charge in [-0.2, -0.15) is 0 Å². The predicted octanol–water partition coefficient (Wildman–Crippen LogP) is 2.88. The summed E-state index contributed by atoms with van der Waals surface area (Å²) in [4.78, 5) is 51.3. The summed E-state index contributed by atoms with van der Waals surface area (Å²) < 4.78 is 22.6. The van der Waals surface area contributed by atoms with Crippen LogP contribution in [0.3, 0.4) is 0 Å². The Bertz CT molecular complexity index is 1470. The van der Waals surface area contributed by atoms with Crippen LogP contribution in [0.5, 0.6) is 17.2 Å². The molecule has 0 amide bonds. The van der Waals surface area contributed by atoms with Gasteiger partial charge in [-0.15, -0.1) is 11.6 Å². The maximum Gasteiger partial charge on any atom is 0.303 e. The summed E-state index contributed by atoms with van der Waals surface area (Å²) in [6, 6.07) is 4.42. The number of hydrogen-bond donors (Lipinski definition) is 3. The number of carbonyl (C=O) groups is 4. The molecule has 41 heavy (non-hydrogen) atoms. The molecule has 2 aromatic rings. The lowest BCUT2D eigenvalue weighted by molar-refractivity contribution is -0.245. The molecule has 4 unspecified atom stereocenters. The van der Waals surface area contributed by atoms with Crippen molar-refractivity contribution < 1.29 is 53.4 Å². The maximum absolute atomic E-state index is 13.7. The Morgan fingerprint density at radius 2 is 1.76 bits per heavy atom. The monoisotopic (exact) mass is 588 g/mol. The molecular weight excluding hydrogens is 560 g/mol. The fourth-order valence-corrected chi connectivity index (χ4v) is 6.32. The standard InChI is InChI=1S/C29H29ClO11/c1-11-28(40-13(3)32)16(30)8-19(39-11)41-18-10-29(37,12(2)31)9-15-21(18)27(36)23-22(25(15)34)24(33)14-6-5-7-17(38-4)20(14)26(23)35/h5-7,11,16,18-19,28,34,36-37H,8-10H2,1-4H3/t11?,16?,18-,19?,28?,29-/m0/s1. The summed E-state index contributed by atoms with van der Waals surface area (Å²) in [6.45, 7) is 4.05. The van der Waals surface area contributed by atoms with Crippen LogP contribution in [-0.4, -0.2) is 75.2 Å². The number of ketones is 3. The summed E-state index contributed by atoms with van der Waals surface area (Å²) in [5.41, 5.74) is -3.16. The van der Waals surface area contributed by atoms with Gasteiger partial charge in [0.2, 0.25) is 5.78 Å². The molecule has 0 aromatic heterocycles. The van der Waals surface area contributed by atoms with Crippen LogP contribution < -0.4 is 4.74 Å². The van der Waals surface area contributed by atoms with Crippen molar-refractivity contribution in [2.24, 2.45) is 0 Å². The van der Waals surface area contributed by atoms with Crippen LogP contribution in [0.4, 0.5) is 0 Å². The minimum absolute atomic E-state index is 0.0259. The van der Waals surface area contributed by atoms with E-state index in [0.29, 0.717) is 0 Å². The molecule has 1 heterocycles. The first kappa shape index (κ1) is 29.0. The van der Waals surface area contributed by atoms with Crippen molar-refractivity contribution in [1.29, 1.82) is 0 Å². The van der Waals surface area contributed by atoms with Crippen molar-refractivity contribution in [3.05, 3.63) is 51.6 Å². The molecule has 3 aliphatic rings. The van der Waals surface area contributed by atoms with Gasteiger partial charge in [-0.3, -0.25) is 19.2 Å². The number of alkyl halides is 1. The highest BCUT2D eigenvalue weighted by Crippen LogP contribution is 2.52. The number of carbonyl (C=O) groups excluding carboxylic acids is 4. The van der Waals surface area contributed by atoms with Gasteiger partial charge in [-0.1, -0.05) is 12.1 Å². The van der Waals surface area contributed by atoms with E-state index in [-0.39, 0.29) is 40.8 Å². The van der Waals surface area contributed by atoms with E-state index in [4.69, 9.17) is 30.5 Å². The minimum Gasteiger partial charge on any atom is -0.507 e. The van der Waals surface area contributed by atoms with Gasteiger partial charge in [-0.05, 0) is 19.9 Å². The van der Waals surface area contributed by atoms with Crippen molar-refractivity contribution in [2.45, 2.75) is 75.6 Å². The van der Waals surface area contributed by atoms with E-state index in [2.05, 4.69) is 0 Å². The molecule has 0 radical (unpaired) electrons. The zero-order valence-electron chi connectivity index (χ0n) is 22.7. The van der Waals surface area contributed by atoms with Crippen LogP contribution in [0, 0.1) is 0 Å². The third kappa shape index (κ3) is 4.66. The summed E-state index contributed by atoms with van der Waals surface area (Å²) in [6.07, 6.45) is -4.51. The number of hydrogen-bond acceptors (Lipinski definition) is 11. The van der Waals surface area contributed by atoms with Crippen LogP contribution in [0.25, 0.3) is 0 Å². The van der Waals surface area contributed by atoms with Gasteiger partial charge >= 0.3 is 5.97 Å². The Hall–Kier alpha value is -3.51. The third-order valence-electron chi connectivity index (χ3n) is 7.95. The number of esters is 1. The summed E-state index contributed by atoms with van der Waals surface area (Å²) in [7, 11) is 1.33. The predicted molar refractivity (Wildman–Crippen MR) is 142 cm³/mol.